The fourth-order valence-corrected chi connectivity index (χ4v) is 3.37. The highest BCUT2D eigenvalue weighted by atomic mass is 35.5. The van der Waals surface area contributed by atoms with Gasteiger partial charge in [0, 0.05) is 29.4 Å². The molecule has 4 rings (SSSR count). The highest BCUT2D eigenvalue weighted by Crippen LogP contribution is 2.26. The van der Waals surface area contributed by atoms with E-state index < -0.39 is 0 Å². The fraction of sp³-hybridized carbons (Fsp3) is 0.263. The number of piperidine rings is 1. The van der Waals surface area contributed by atoms with Crippen molar-refractivity contribution in [3.63, 3.8) is 0 Å². The Bertz CT molecular complexity index is 941. The third-order valence-corrected chi connectivity index (χ3v) is 4.85. The molecule has 0 amide bonds. The molecule has 0 bridgehead atoms. The first-order valence-electron chi connectivity index (χ1n) is 8.68. The van der Waals surface area contributed by atoms with Crippen LogP contribution in [0.15, 0.2) is 43.2 Å². The molecule has 2 aromatic heterocycles. The van der Waals surface area contributed by atoms with E-state index in [0.717, 1.165) is 54.3 Å². The summed E-state index contributed by atoms with van der Waals surface area (Å²) in [7, 11) is 0. The van der Waals surface area contributed by atoms with Crippen molar-refractivity contribution in [2.75, 3.05) is 18.4 Å². The summed E-state index contributed by atoms with van der Waals surface area (Å²) < 4.78 is 1.94. The van der Waals surface area contributed by atoms with Crippen molar-refractivity contribution < 1.29 is 0 Å². The van der Waals surface area contributed by atoms with Gasteiger partial charge in [0.25, 0.3) is 0 Å². The minimum absolute atomic E-state index is 0.336. The van der Waals surface area contributed by atoms with Crippen molar-refractivity contribution in [3.05, 3.63) is 54.0 Å². The molecule has 134 valence electrons. The molecular weight excluding hydrogens is 348 g/mol. The number of aromatic nitrogens is 3. The Hall–Kier alpha value is -2.57. The molecule has 0 aliphatic carbocycles. The summed E-state index contributed by atoms with van der Waals surface area (Å²) in [5, 5.41) is 7.62. The zero-order chi connectivity index (χ0) is 18.1. The Labute approximate surface area is 157 Å². The molecule has 1 fully saturated rings. The lowest BCUT2D eigenvalue weighted by atomic mass is 10.1. The van der Waals surface area contributed by atoms with Crippen LogP contribution in [0.25, 0.3) is 22.6 Å². The van der Waals surface area contributed by atoms with Gasteiger partial charge in [0.05, 0.1) is 23.3 Å². The SMILES string of the molecule is C=C(N)c1cnc(N[C@H]2CCCNC2)c2nc(-c3ccc(Cl)cc3)cn12. The van der Waals surface area contributed by atoms with Crippen molar-refractivity contribution >= 4 is 28.8 Å². The van der Waals surface area contributed by atoms with E-state index in [4.69, 9.17) is 22.3 Å². The quantitative estimate of drug-likeness (QED) is 0.659. The van der Waals surface area contributed by atoms with Crippen LogP contribution in [0.2, 0.25) is 5.02 Å². The number of hydrogen-bond acceptors (Lipinski definition) is 5. The monoisotopic (exact) mass is 368 g/mol. The van der Waals surface area contributed by atoms with E-state index in [1.807, 2.05) is 34.9 Å². The number of halogens is 1. The summed E-state index contributed by atoms with van der Waals surface area (Å²) in [5.41, 5.74) is 9.70. The number of nitrogens with two attached hydrogens (primary N) is 1. The lowest BCUT2D eigenvalue weighted by molar-refractivity contribution is 0.479. The predicted molar refractivity (Wildman–Crippen MR) is 106 cm³/mol. The first-order valence-corrected chi connectivity index (χ1v) is 9.05. The first kappa shape index (κ1) is 16.9. The second-order valence-corrected chi connectivity index (χ2v) is 6.97. The van der Waals surface area contributed by atoms with Crippen molar-refractivity contribution in [1.29, 1.82) is 0 Å². The van der Waals surface area contributed by atoms with Crippen LogP contribution in [0.1, 0.15) is 18.5 Å². The first-order chi connectivity index (χ1) is 12.6. The normalized spacial score (nSPS) is 17.3. The number of imidazole rings is 1. The summed E-state index contributed by atoms with van der Waals surface area (Å²) in [6.45, 7) is 5.84. The average molecular weight is 369 g/mol. The van der Waals surface area contributed by atoms with Crippen LogP contribution in [0.4, 0.5) is 5.82 Å². The van der Waals surface area contributed by atoms with E-state index >= 15 is 0 Å². The lowest BCUT2D eigenvalue weighted by Gasteiger charge is -2.24. The minimum Gasteiger partial charge on any atom is -0.397 e. The number of nitrogens with zero attached hydrogens (tertiary/aromatic N) is 3. The summed E-state index contributed by atoms with van der Waals surface area (Å²) in [5.74, 6) is 0.754. The third kappa shape index (κ3) is 3.25. The maximum atomic E-state index is 6.00. The van der Waals surface area contributed by atoms with E-state index in [1.54, 1.807) is 6.20 Å². The molecule has 26 heavy (non-hydrogen) atoms. The molecule has 1 atom stereocenters. The van der Waals surface area contributed by atoms with E-state index in [9.17, 15) is 0 Å². The van der Waals surface area contributed by atoms with Gasteiger partial charge in [-0.3, -0.25) is 4.40 Å². The largest absolute Gasteiger partial charge is 0.397 e. The third-order valence-electron chi connectivity index (χ3n) is 4.60. The smallest absolute Gasteiger partial charge is 0.181 e. The Balaban J connectivity index is 1.78. The van der Waals surface area contributed by atoms with Crippen molar-refractivity contribution in [2.45, 2.75) is 18.9 Å². The number of fused-ring (bicyclic) bond motifs is 1. The maximum Gasteiger partial charge on any atom is 0.181 e. The number of rotatable bonds is 4. The van der Waals surface area contributed by atoms with Gasteiger partial charge in [-0.05, 0) is 31.5 Å². The van der Waals surface area contributed by atoms with Crippen LogP contribution in [0, 0.1) is 0 Å². The standard InChI is InChI=1S/C19H21ClN6/c1-12(21)17-10-23-18(24-15-3-2-8-22-9-15)19-25-16(11-26(17)19)13-4-6-14(20)7-5-13/h4-7,10-11,15,22H,1-3,8-9,21H2,(H,23,24)/t15-/m0/s1. The molecule has 0 saturated carbocycles. The van der Waals surface area contributed by atoms with Crippen molar-refractivity contribution in [2.24, 2.45) is 5.73 Å². The molecule has 6 nitrogen and oxygen atoms in total. The Morgan fingerprint density at radius 2 is 2.15 bits per heavy atom. The number of benzene rings is 1. The van der Waals surface area contributed by atoms with Gasteiger partial charge in [-0.15, -0.1) is 0 Å². The molecule has 0 unspecified atom stereocenters. The summed E-state index contributed by atoms with van der Waals surface area (Å²) >= 11 is 6.00. The molecule has 3 aromatic rings. The molecule has 0 spiro atoms. The van der Waals surface area contributed by atoms with E-state index in [1.165, 1.54) is 0 Å². The van der Waals surface area contributed by atoms with Gasteiger partial charge in [0.15, 0.2) is 11.5 Å². The molecule has 1 aliphatic rings. The zero-order valence-corrected chi connectivity index (χ0v) is 15.1. The molecular formula is C19H21ClN6. The van der Waals surface area contributed by atoms with Crippen LogP contribution in [-0.4, -0.2) is 33.5 Å². The average Bonchev–Trinajstić information content (AvgIpc) is 3.09. The Morgan fingerprint density at radius 1 is 1.35 bits per heavy atom. The molecule has 4 N–H and O–H groups in total. The van der Waals surface area contributed by atoms with Gasteiger partial charge >= 0.3 is 0 Å². The highest BCUT2D eigenvalue weighted by Gasteiger charge is 2.18. The summed E-state index contributed by atoms with van der Waals surface area (Å²) in [4.78, 5) is 9.36. The second kappa shape index (κ2) is 6.97. The molecule has 1 aromatic carbocycles. The minimum atomic E-state index is 0.336. The van der Waals surface area contributed by atoms with Gasteiger partial charge < -0.3 is 16.4 Å². The summed E-state index contributed by atoms with van der Waals surface area (Å²) in [6.07, 6.45) is 5.95. The van der Waals surface area contributed by atoms with Crippen LogP contribution < -0.4 is 16.4 Å². The predicted octanol–water partition coefficient (Wildman–Crippen LogP) is 3.14. The van der Waals surface area contributed by atoms with E-state index in [-0.39, 0.29) is 0 Å². The van der Waals surface area contributed by atoms with Crippen LogP contribution >= 0.6 is 11.6 Å². The Kier molecular flexibility index (Phi) is 4.53. The van der Waals surface area contributed by atoms with Gasteiger partial charge in [0.2, 0.25) is 0 Å². The van der Waals surface area contributed by atoms with E-state index in [0.29, 0.717) is 16.8 Å². The van der Waals surface area contributed by atoms with Gasteiger partial charge in [-0.25, -0.2) is 9.97 Å². The topological polar surface area (TPSA) is 80.3 Å². The van der Waals surface area contributed by atoms with Crippen molar-refractivity contribution in [1.82, 2.24) is 19.7 Å². The molecule has 7 heteroatoms. The van der Waals surface area contributed by atoms with Crippen LogP contribution in [0.5, 0.6) is 0 Å². The van der Waals surface area contributed by atoms with Gasteiger partial charge in [-0.2, -0.15) is 0 Å². The maximum absolute atomic E-state index is 6.00. The molecule has 1 saturated heterocycles. The fourth-order valence-electron chi connectivity index (χ4n) is 3.24. The number of hydrogen-bond donors (Lipinski definition) is 3. The number of nitrogens with one attached hydrogen (secondary N) is 2. The second-order valence-electron chi connectivity index (χ2n) is 6.53. The van der Waals surface area contributed by atoms with Gasteiger partial charge in [0.1, 0.15) is 0 Å². The van der Waals surface area contributed by atoms with Gasteiger partial charge in [-0.1, -0.05) is 30.3 Å². The molecule has 0 radical (unpaired) electrons. The Morgan fingerprint density at radius 3 is 2.85 bits per heavy atom. The van der Waals surface area contributed by atoms with Crippen molar-refractivity contribution in [3.8, 4) is 11.3 Å². The molecule has 1 aliphatic heterocycles. The lowest BCUT2D eigenvalue weighted by Crippen LogP contribution is -2.38. The number of anilines is 1. The van der Waals surface area contributed by atoms with E-state index in [2.05, 4.69) is 22.2 Å². The summed E-state index contributed by atoms with van der Waals surface area (Å²) in [6, 6.07) is 7.95. The van der Waals surface area contributed by atoms with Crippen LogP contribution in [0.3, 0.4) is 0 Å². The zero-order valence-electron chi connectivity index (χ0n) is 14.4. The molecule has 3 heterocycles. The highest BCUT2D eigenvalue weighted by molar-refractivity contribution is 6.30. The van der Waals surface area contributed by atoms with Crippen LogP contribution in [-0.2, 0) is 0 Å².